The fraction of sp³-hybridized carbons (Fsp3) is 0.600. The van der Waals surface area contributed by atoms with Gasteiger partial charge in [0.1, 0.15) is 0 Å². The minimum absolute atomic E-state index is 0.133. The first-order valence-corrected chi connectivity index (χ1v) is 6.90. The molecule has 1 unspecified atom stereocenters. The van der Waals surface area contributed by atoms with Crippen LogP contribution in [-0.2, 0) is 0 Å². The standard InChI is InChI=1S/C15H23N3O/c1-11(2)14-9-12(5-7-16-14)15(19)18-8-6-13(10-18)17(3)4/h5,7,9,11,13H,6,8,10H2,1-4H3. The summed E-state index contributed by atoms with van der Waals surface area (Å²) < 4.78 is 0. The van der Waals surface area contributed by atoms with Crippen molar-refractivity contribution in [3.63, 3.8) is 0 Å². The van der Waals surface area contributed by atoms with Gasteiger partial charge in [-0.15, -0.1) is 0 Å². The number of likely N-dealkylation sites (tertiary alicyclic amines) is 1. The van der Waals surface area contributed by atoms with E-state index in [0.29, 0.717) is 12.0 Å². The molecule has 0 aromatic carbocycles. The third-order valence-corrected chi connectivity index (χ3v) is 3.80. The average Bonchev–Trinajstić information content (AvgIpc) is 2.87. The van der Waals surface area contributed by atoms with Crippen molar-refractivity contribution in [3.8, 4) is 0 Å². The maximum Gasteiger partial charge on any atom is 0.254 e. The monoisotopic (exact) mass is 261 g/mol. The quantitative estimate of drug-likeness (QED) is 0.835. The van der Waals surface area contributed by atoms with Gasteiger partial charge in [0.25, 0.3) is 5.91 Å². The van der Waals surface area contributed by atoms with Crippen LogP contribution in [0.2, 0.25) is 0 Å². The van der Waals surface area contributed by atoms with Gasteiger partial charge in [-0.1, -0.05) is 13.8 Å². The molecule has 1 aromatic rings. The first-order valence-electron chi connectivity index (χ1n) is 6.90. The summed E-state index contributed by atoms with van der Waals surface area (Å²) in [5.74, 6) is 0.481. The smallest absolute Gasteiger partial charge is 0.254 e. The number of hydrogen-bond donors (Lipinski definition) is 0. The van der Waals surface area contributed by atoms with Gasteiger partial charge in [-0.3, -0.25) is 9.78 Å². The zero-order chi connectivity index (χ0) is 14.0. The molecule has 0 saturated carbocycles. The molecule has 2 heterocycles. The van der Waals surface area contributed by atoms with Crippen molar-refractivity contribution in [2.24, 2.45) is 0 Å². The van der Waals surface area contributed by atoms with Crippen molar-refractivity contribution in [3.05, 3.63) is 29.6 Å². The van der Waals surface area contributed by atoms with Gasteiger partial charge in [0, 0.05) is 36.6 Å². The predicted octanol–water partition coefficient (Wildman–Crippen LogP) is 1.98. The Kier molecular flexibility index (Phi) is 4.20. The molecule has 4 nitrogen and oxygen atoms in total. The second-order valence-corrected chi connectivity index (χ2v) is 5.78. The van der Waals surface area contributed by atoms with Gasteiger partial charge < -0.3 is 9.80 Å². The Hall–Kier alpha value is -1.42. The fourth-order valence-corrected chi connectivity index (χ4v) is 2.43. The van der Waals surface area contributed by atoms with E-state index >= 15 is 0 Å². The number of pyridine rings is 1. The number of nitrogens with zero attached hydrogens (tertiary/aromatic N) is 3. The van der Waals surface area contributed by atoms with Crippen LogP contribution in [0.15, 0.2) is 18.3 Å². The van der Waals surface area contributed by atoms with Crippen molar-refractivity contribution < 1.29 is 4.79 Å². The van der Waals surface area contributed by atoms with Crippen molar-refractivity contribution >= 4 is 5.91 Å². The van der Waals surface area contributed by atoms with Gasteiger partial charge in [-0.05, 0) is 38.6 Å². The highest BCUT2D eigenvalue weighted by atomic mass is 16.2. The minimum Gasteiger partial charge on any atom is -0.337 e. The maximum atomic E-state index is 12.5. The molecule has 0 radical (unpaired) electrons. The number of amides is 1. The van der Waals surface area contributed by atoms with Crippen LogP contribution in [0.3, 0.4) is 0 Å². The van der Waals surface area contributed by atoms with E-state index in [1.54, 1.807) is 6.20 Å². The van der Waals surface area contributed by atoms with Gasteiger partial charge in [0.05, 0.1) is 0 Å². The van der Waals surface area contributed by atoms with Gasteiger partial charge in [0.15, 0.2) is 0 Å². The maximum absolute atomic E-state index is 12.5. The molecular weight excluding hydrogens is 238 g/mol. The molecule has 19 heavy (non-hydrogen) atoms. The van der Waals surface area contributed by atoms with Crippen LogP contribution in [0.25, 0.3) is 0 Å². The Bertz CT molecular complexity index is 456. The molecule has 0 bridgehead atoms. The van der Waals surface area contributed by atoms with Crippen LogP contribution in [0.5, 0.6) is 0 Å². The molecular formula is C15H23N3O. The summed E-state index contributed by atoms with van der Waals surface area (Å²) in [6.07, 6.45) is 2.79. The zero-order valence-electron chi connectivity index (χ0n) is 12.3. The van der Waals surface area contributed by atoms with Crippen LogP contribution in [-0.4, -0.2) is 53.9 Å². The average molecular weight is 261 g/mol. The molecule has 2 rings (SSSR count). The van der Waals surface area contributed by atoms with E-state index < -0.39 is 0 Å². The number of carbonyl (C=O) groups is 1. The Morgan fingerprint density at radius 3 is 2.79 bits per heavy atom. The summed E-state index contributed by atoms with van der Waals surface area (Å²) in [5, 5.41) is 0. The molecule has 0 N–H and O–H groups in total. The van der Waals surface area contributed by atoms with Crippen LogP contribution in [0.1, 0.15) is 42.2 Å². The molecule has 1 atom stereocenters. The van der Waals surface area contributed by atoms with E-state index in [4.69, 9.17) is 0 Å². The first kappa shape index (κ1) is 14.0. The summed E-state index contributed by atoms with van der Waals surface area (Å²) in [4.78, 5) is 20.9. The highest BCUT2D eigenvalue weighted by Crippen LogP contribution is 2.18. The minimum atomic E-state index is 0.133. The van der Waals surface area contributed by atoms with Crippen LogP contribution in [0.4, 0.5) is 0 Å². The summed E-state index contributed by atoms with van der Waals surface area (Å²) in [6, 6.07) is 4.23. The number of aromatic nitrogens is 1. The number of likely N-dealkylation sites (N-methyl/N-ethyl adjacent to an activating group) is 1. The molecule has 1 aliphatic rings. The van der Waals surface area contributed by atoms with Gasteiger partial charge in [-0.25, -0.2) is 0 Å². The third kappa shape index (κ3) is 3.13. The molecule has 1 aromatic heterocycles. The van der Waals surface area contributed by atoms with Crippen LogP contribution < -0.4 is 0 Å². The molecule has 0 spiro atoms. The molecule has 1 amide bonds. The molecule has 104 valence electrons. The van der Waals surface area contributed by atoms with Gasteiger partial charge in [-0.2, -0.15) is 0 Å². The Labute approximate surface area is 115 Å². The van der Waals surface area contributed by atoms with Crippen LogP contribution in [0, 0.1) is 0 Å². The van der Waals surface area contributed by atoms with Crippen LogP contribution >= 0.6 is 0 Å². The molecule has 1 saturated heterocycles. The van der Waals surface area contributed by atoms with Crippen molar-refractivity contribution in [1.82, 2.24) is 14.8 Å². The third-order valence-electron chi connectivity index (χ3n) is 3.80. The molecule has 1 aliphatic heterocycles. The summed E-state index contributed by atoms with van der Waals surface area (Å²) >= 11 is 0. The van der Waals surface area contributed by atoms with Crippen molar-refractivity contribution in [2.45, 2.75) is 32.2 Å². The Balaban J connectivity index is 2.10. The summed E-state index contributed by atoms with van der Waals surface area (Å²) in [6.45, 7) is 5.86. The Morgan fingerprint density at radius 1 is 1.47 bits per heavy atom. The lowest BCUT2D eigenvalue weighted by Crippen LogP contribution is -2.34. The largest absolute Gasteiger partial charge is 0.337 e. The number of carbonyl (C=O) groups excluding carboxylic acids is 1. The fourth-order valence-electron chi connectivity index (χ4n) is 2.43. The zero-order valence-corrected chi connectivity index (χ0v) is 12.3. The van der Waals surface area contributed by atoms with E-state index in [1.807, 2.05) is 17.0 Å². The lowest BCUT2D eigenvalue weighted by atomic mass is 10.1. The van der Waals surface area contributed by atoms with E-state index in [-0.39, 0.29) is 5.91 Å². The lowest BCUT2D eigenvalue weighted by molar-refractivity contribution is 0.0783. The summed E-state index contributed by atoms with van der Waals surface area (Å²) in [5.41, 5.74) is 1.74. The highest BCUT2D eigenvalue weighted by Gasteiger charge is 2.28. The SMILES string of the molecule is CC(C)c1cc(C(=O)N2CCC(N(C)C)C2)ccn1. The van der Waals surface area contributed by atoms with Gasteiger partial charge in [0.2, 0.25) is 0 Å². The molecule has 4 heteroatoms. The summed E-state index contributed by atoms with van der Waals surface area (Å²) in [7, 11) is 4.14. The van der Waals surface area contributed by atoms with Crippen molar-refractivity contribution in [1.29, 1.82) is 0 Å². The number of rotatable bonds is 3. The highest BCUT2D eigenvalue weighted by molar-refractivity contribution is 5.94. The second kappa shape index (κ2) is 5.70. The molecule has 1 fully saturated rings. The van der Waals surface area contributed by atoms with Gasteiger partial charge >= 0.3 is 0 Å². The second-order valence-electron chi connectivity index (χ2n) is 5.78. The first-order chi connectivity index (χ1) is 8.99. The molecule has 0 aliphatic carbocycles. The van der Waals surface area contributed by atoms with Crippen molar-refractivity contribution in [2.75, 3.05) is 27.2 Å². The topological polar surface area (TPSA) is 36.4 Å². The Morgan fingerprint density at radius 2 is 2.21 bits per heavy atom. The number of hydrogen-bond acceptors (Lipinski definition) is 3. The normalized spacial score (nSPS) is 19.5. The lowest BCUT2D eigenvalue weighted by Gasteiger charge is -2.20. The van der Waals surface area contributed by atoms with E-state index in [2.05, 4.69) is 37.8 Å². The van der Waals surface area contributed by atoms with E-state index in [1.165, 1.54) is 0 Å². The van der Waals surface area contributed by atoms with E-state index in [0.717, 1.165) is 30.8 Å². The van der Waals surface area contributed by atoms with E-state index in [9.17, 15) is 4.79 Å². The predicted molar refractivity (Wildman–Crippen MR) is 76.3 cm³/mol.